The molecule has 0 saturated heterocycles. The van der Waals surface area contributed by atoms with E-state index < -0.39 is 4.92 Å². The second-order valence-corrected chi connectivity index (χ2v) is 4.29. The van der Waals surface area contributed by atoms with Crippen molar-refractivity contribution in [3.05, 3.63) is 51.2 Å². The van der Waals surface area contributed by atoms with Gasteiger partial charge in [0.25, 0.3) is 5.69 Å². The zero-order valence-corrected chi connectivity index (χ0v) is 11.1. The lowest BCUT2D eigenvalue weighted by Crippen LogP contribution is -1.98. The monoisotopic (exact) mass is 278 g/mol. The summed E-state index contributed by atoms with van der Waals surface area (Å²) in [7, 11) is 1.47. The van der Waals surface area contributed by atoms with Gasteiger partial charge in [-0.1, -0.05) is 11.6 Å². The van der Waals surface area contributed by atoms with Crippen molar-refractivity contribution in [2.24, 2.45) is 0 Å². The third kappa shape index (κ3) is 2.37. The Morgan fingerprint density at radius 2 is 2.05 bits per heavy atom. The number of hydrogen-bond donors (Lipinski definition) is 0. The van der Waals surface area contributed by atoms with Gasteiger partial charge in [-0.25, -0.2) is 4.98 Å². The molecule has 1 aromatic heterocycles. The summed E-state index contributed by atoms with van der Waals surface area (Å²) in [5.41, 5.74) is 1.40. The van der Waals surface area contributed by atoms with E-state index in [0.29, 0.717) is 27.6 Å². The van der Waals surface area contributed by atoms with E-state index in [2.05, 4.69) is 4.98 Å². The molecule has 5 nitrogen and oxygen atoms in total. The fourth-order valence-electron chi connectivity index (χ4n) is 1.89. The number of methoxy groups -OCH3 is 1. The molecule has 0 N–H and O–H groups in total. The third-order valence-electron chi connectivity index (χ3n) is 2.80. The van der Waals surface area contributed by atoms with Crippen molar-refractivity contribution in [1.82, 2.24) is 4.98 Å². The Kier molecular flexibility index (Phi) is 3.66. The molecule has 0 spiro atoms. The third-order valence-corrected chi connectivity index (χ3v) is 3.21. The summed E-state index contributed by atoms with van der Waals surface area (Å²) in [4.78, 5) is 14.9. The standard InChI is InChI=1S/C13H11ClN2O3/c1-8-11(14)6-5-9(12(8)16(17)18)10-4-3-7-15-13(10)19-2/h3-7H,1-2H3. The van der Waals surface area contributed by atoms with Gasteiger partial charge < -0.3 is 4.74 Å². The van der Waals surface area contributed by atoms with Crippen LogP contribution in [0.4, 0.5) is 5.69 Å². The molecule has 0 aliphatic heterocycles. The van der Waals surface area contributed by atoms with Gasteiger partial charge in [-0.05, 0) is 31.2 Å². The van der Waals surface area contributed by atoms with Crippen molar-refractivity contribution < 1.29 is 9.66 Å². The molecule has 0 amide bonds. The van der Waals surface area contributed by atoms with E-state index in [-0.39, 0.29) is 5.69 Å². The van der Waals surface area contributed by atoms with E-state index >= 15 is 0 Å². The summed E-state index contributed by atoms with van der Waals surface area (Å²) in [5, 5.41) is 11.6. The van der Waals surface area contributed by atoms with Gasteiger partial charge in [-0.15, -0.1) is 0 Å². The number of nitrogens with zero attached hydrogens (tertiary/aromatic N) is 2. The molecule has 2 aromatic rings. The molecule has 0 unspecified atom stereocenters. The topological polar surface area (TPSA) is 65.3 Å². The fraction of sp³-hybridized carbons (Fsp3) is 0.154. The van der Waals surface area contributed by atoms with Crippen LogP contribution >= 0.6 is 11.6 Å². The first-order valence-electron chi connectivity index (χ1n) is 5.49. The van der Waals surface area contributed by atoms with E-state index in [4.69, 9.17) is 16.3 Å². The zero-order valence-electron chi connectivity index (χ0n) is 10.4. The Balaban J connectivity index is 2.76. The smallest absolute Gasteiger partial charge is 0.281 e. The Labute approximate surface area is 115 Å². The molecular weight excluding hydrogens is 268 g/mol. The first kappa shape index (κ1) is 13.3. The van der Waals surface area contributed by atoms with Crippen LogP contribution in [0.1, 0.15) is 5.56 Å². The maximum Gasteiger partial charge on any atom is 0.281 e. The summed E-state index contributed by atoms with van der Waals surface area (Å²) in [6.07, 6.45) is 1.57. The average Bonchev–Trinajstić information content (AvgIpc) is 2.41. The molecule has 0 saturated carbocycles. The second kappa shape index (κ2) is 5.24. The van der Waals surface area contributed by atoms with E-state index in [1.165, 1.54) is 7.11 Å². The van der Waals surface area contributed by atoms with Gasteiger partial charge in [0.1, 0.15) is 0 Å². The van der Waals surface area contributed by atoms with Crippen molar-refractivity contribution >= 4 is 17.3 Å². The van der Waals surface area contributed by atoms with Crippen LogP contribution in [0.25, 0.3) is 11.1 Å². The molecular formula is C13H11ClN2O3. The van der Waals surface area contributed by atoms with Gasteiger partial charge in [0.05, 0.1) is 28.2 Å². The summed E-state index contributed by atoms with van der Waals surface area (Å²) >= 11 is 5.94. The van der Waals surface area contributed by atoms with E-state index in [1.54, 1.807) is 37.4 Å². The van der Waals surface area contributed by atoms with Crippen LogP contribution in [-0.2, 0) is 0 Å². The van der Waals surface area contributed by atoms with E-state index in [1.807, 2.05) is 0 Å². The molecule has 19 heavy (non-hydrogen) atoms. The van der Waals surface area contributed by atoms with Crippen LogP contribution in [0, 0.1) is 17.0 Å². The van der Waals surface area contributed by atoms with Crippen LogP contribution in [-0.4, -0.2) is 17.0 Å². The number of rotatable bonds is 3. The number of nitro benzene ring substituents is 1. The van der Waals surface area contributed by atoms with E-state index in [0.717, 1.165) is 0 Å². The maximum absolute atomic E-state index is 11.3. The van der Waals surface area contributed by atoms with Gasteiger partial charge in [0.15, 0.2) is 0 Å². The molecule has 0 bridgehead atoms. The molecule has 1 aromatic carbocycles. The lowest BCUT2D eigenvalue weighted by atomic mass is 10.0. The quantitative estimate of drug-likeness (QED) is 0.635. The maximum atomic E-state index is 11.3. The molecule has 2 rings (SSSR count). The zero-order chi connectivity index (χ0) is 14.0. The van der Waals surface area contributed by atoms with Gasteiger partial charge in [0, 0.05) is 11.8 Å². The van der Waals surface area contributed by atoms with Gasteiger partial charge >= 0.3 is 0 Å². The predicted octanol–water partition coefficient (Wildman–Crippen LogP) is 3.63. The minimum atomic E-state index is -0.441. The number of nitro groups is 1. The minimum absolute atomic E-state index is 0.0289. The number of benzene rings is 1. The molecule has 0 aliphatic carbocycles. The van der Waals surface area contributed by atoms with E-state index in [9.17, 15) is 10.1 Å². The fourth-order valence-corrected chi connectivity index (χ4v) is 2.04. The molecule has 0 fully saturated rings. The Bertz CT molecular complexity index is 644. The molecule has 6 heteroatoms. The van der Waals surface area contributed by atoms with Crippen molar-refractivity contribution in [3.63, 3.8) is 0 Å². The number of ether oxygens (including phenoxy) is 1. The highest BCUT2D eigenvalue weighted by Gasteiger charge is 2.23. The predicted molar refractivity (Wildman–Crippen MR) is 72.6 cm³/mol. The summed E-state index contributed by atoms with van der Waals surface area (Å²) in [6.45, 7) is 1.62. The summed E-state index contributed by atoms with van der Waals surface area (Å²) < 4.78 is 5.14. The SMILES string of the molecule is COc1ncccc1-c1ccc(Cl)c(C)c1[N+](=O)[O-]. The highest BCUT2D eigenvalue weighted by Crippen LogP contribution is 2.39. The van der Waals surface area contributed by atoms with Crippen molar-refractivity contribution in [2.45, 2.75) is 6.92 Å². The Morgan fingerprint density at radius 3 is 2.68 bits per heavy atom. The number of halogens is 1. The second-order valence-electron chi connectivity index (χ2n) is 3.89. The lowest BCUT2D eigenvalue weighted by Gasteiger charge is -2.09. The molecule has 0 atom stereocenters. The molecule has 0 aliphatic rings. The highest BCUT2D eigenvalue weighted by molar-refractivity contribution is 6.31. The van der Waals surface area contributed by atoms with Crippen molar-refractivity contribution in [3.8, 4) is 17.0 Å². The summed E-state index contributed by atoms with van der Waals surface area (Å²) in [6, 6.07) is 6.66. The minimum Gasteiger partial charge on any atom is -0.481 e. The number of hydrogen-bond acceptors (Lipinski definition) is 4. The van der Waals surface area contributed by atoms with Gasteiger partial charge in [-0.2, -0.15) is 0 Å². The summed E-state index contributed by atoms with van der Waals surface area (Å²) in [5.74, 6) is 0.340. The molecule has 0 radical (unpaired) electrons. The average molecular weight is 279 g/mol. The van der Waals surface area contributed by atoms with Crippen LogP contribution in [0.2, 0.25) is 5.02 Å². The van der Waals surface area contributed by atoms with Crippen LogP contribution in [0.5, 0.6) is 5.88 Å². The Hall–Kier alpha value is -2.14. The van der Waals surface area contributed by atoms with Gasteiger partial charge in [0.2, 0.25) is 5.88 Å². The van der Waals surface area contributed by atoms with Crippen LogP contribution < -0.4 is 4.74 Å². The van der Waals surface area contributed by atoms with Crippen LogP contribution in [0.3, 0.4) is 0 Å². The lowest BCUT2D eigenvalue weighted by molar-refractivity contribution is -0.384. The van der Waals surface area contributed by atoms with Crippen LogP contribution in [0.15, 0.2) is 30.5 Å². The van der Waals surface area contributed by atoms with Gasteiger partial charge in [-0.3, -0.25) is 10.1 Å². The molecule has 1 heterocycles. The molecule has 98 valence electrons. The normalized spacial score (nSPS) is 10.3. The highest BCUT2D eigenvalue weighted by atomic mass is 35.5. The first-order chi connectivity index (χ1) is 9.06. The largest absolute Gasteiger partial charge is 0.481 e. The van der Waals surface area contributed by atoms with Crippen molar-refractivity contribution in [2.75, 3.05) is 7.11 Å². The first-order valence-corrected chi connectivity index (χ1v) is 5.87. The number of pyridine rings is 1. The van der Waals surface area contributed by atoms with Crippen molar-refractivity contribution in [1.29, 1.82) is 0 Å². The Morgan fingerprint density at radius 1 is 1.32 bits per heavy atom. The number of aromatic nitrogens is 1.